The molecule has 8 heteroatoms. The monoisotopic (exact) mass is 456 g/mol. The molecule has 0 atom stereocenters. The van der Waals surface area contributed by atoms with Crippen LogP contribution >= 0.6 is 15.9 Å². The predicted molar refractivity (Wildman–Crippen MR) is 112 cm³/mol. The number of ether oxygens (including phenoxy) is 1. The Morgan fingerprint density at radius 1 is 1.17 bits per heavy atom. The van der Waals surface area contributed by atoms with Crippen LogP contribution in [0.4, 0.5) is 0 Å². The van der Waals surface area contributed by atoms with Gasteiger partial charge >= 0.3 is 5.97 Å². The van der Waals surface area contributed by atoms with Gasteiger partial charge in [-0.3, -0.25) is 4.79 Å². The number of carbonyl (C=O) groups excluding carboxylic acids is 1. The van der Waals surface area contributed by atoms with Gasteiger partial charge in [-0.25, -0.2) is 10.2 Å². The third-order valence-electron chi connectivity index (χ3n) is 4.13. The normalized spacial score (nSPS) is 10.9. The van der Waals surface area contributed by atoms with Gasteiger partial charge < -0.3 is 14.3 Å². The van der Waals surface area contributed by atoms with E-state index in [1.165, 1.54) is 19.4 Å². The summed E-state index contributed by atoms with van der Waals surface area (Å²) in [5, 5.41) is 13.0. The first-order chi connectivity index (χ1) is 13.9. The smallest absolute Gasteiger partial charge is 0.335 e. The first kappa shape index (κ1) is 20.3. The van der Waals surface area contributed by atoms with Gasteiger partial charge in [0.25, 0.3) is 5.91 Å². The van der Waals surface area contributed by atoms with E-state index in [0.29, 0.717) is 22.8 Å². The molecule has 0 unspecified atom stereocenters. The molecule has 2 N–H and O–H groups in total. The van der Waals surface area contributed by atoms with Crippen LogP contribution in [0.2, 0.25) is 0 Å². The number of furan rings is 1. The maximum Gasteiger partial charge on any atom is 0.335 e. The Hall–Kier alpha value is -3.39. The first-order valence-electron chi connectivity index (χ1n) is 8.50. The van der Waals surface area contributed by atoms with E-state index >= 15 is 0 Å². The third kappa shape index (κ3) is 4.72. The SMILES string of the molecule is COc1ccc(Br)cc1C(=O)NN=Cc1ccc(-c2ccc(C(=O)O)cc2C)o1. The number of nitrogens with one attached hydrogen (secondary N) is 1. The van der Waals surface area contributed by atoms with Gasteiger partial charge in [-0.1, -0.05) is 22.0 Å². The largest absolute Gasteiger partial charge is 0.496 e. The minimum absolute atomic E-state index is 0.213. The van der Waals surface area contributed by atoms with E-state index in [0.717, 1.165) is 15.6 Å². The number of aromatic carboxylic acids is 1. The number of hydrogen-bond acceptors (Lipinski definition) is 5. The van der Waals surface area contributed by atoms with Gasteiger partial charge in [0.15, 0.2) is 0 Å². The lowest BCUT2D eigenvalue weighted by Crippen LogP contribution is -2.18. The van der Waals surface area contributed by atoms with Crippen molar-refractivity contribution in [3.8, 4) is 17.1 Å². The molecule has 0 saturated carbocycles. The number of hydrazone groups is 1. The molecule has 3 aromatic rings. The fourth-order valence-electron chi connectivity index (χ4n) is 2.71. The van der Waals surface area contributed by atoms with Crippen LogP contribution in [0, 0.1) is 6.92 Å². The summed E-state index contributed by atoms with van der Waals surface area (Å²) in [6.07, 6.45) is 1.38. The number of rotatable bonds is 6. The molecule has 0 aliphatic rings. The molecule has 0 aliphatic carbocycles. The number of carboxylic acid groups (broad SMARTS) is 1. The van der Waals surface area contributed by atoms with Crippen molar-refractivity contribution in [3.63, 3.8) is 0 Å². The lowest BCUT2D eigenvalue weighted by atomic mass is 10.0. The summed E-state index contributed by atoms with van der Waals surface area (Å²) in [5.74, 6) is 0.0292. The van der Waals surface area contributed by atoms with E-state index in [4.69, 9.17) is 14.3 Å². The fraction of sp³-hybridized carbons (Fsp3) is 0.0952. The number of carbonyl (C=O) groups is 2. The second-order valence-corrected chi connectivity index (χ2v) is 7.00. The molecule has 0 bridgehead atoms. The number of benzene rings is 2. The summed E-state index contributed by atoms with van der Waals surface area (Å²) in [6, 6.07) is 13.3. The van der Waals surface area contributed by atoms with Crippen molar-refractivity contribution in [2.45, 2.75) is 6.92 Å². The average Bonchev–Trinajstić information content (AvgIpc) is 3.16. The van der Waals surface area contributed by atoms with E-state index in [1.54, 1.807) is 42.5 Å². The van der Waals surface area contributed by atoms with Gasteiger partial charge in [0.1, 0.15) is 17.3 Å². The average molecular weight is 457 g/mol. The van der Waals surface area contributed by atoms with Crippen molar-refractivity contribution in [2.75, 3.05) is 7.11 Å². The van der Waals surface area contributed by atoms with Gasteiger partial charge in [-0.05, 0) is 55.0 Å². The number of halogens is 1. The first-order valence-corrected chi connectivity index (χ1v) is 9.29. The Kier molecular flexibility index (Phi) is 6.13. The van der Waals surface area contributed by atoms with Crippen molar-refractivity contribution in [1.29, 1.82) is 0 Å². The molecule has 7 nitrogen and oxygen atoms in total. The topological polar surface area (TPSA) is 101 Å². The molecular formula is C21H17BrN2O5. The van der Waals surface area contributed by atoms with E-state index in [1.807, 2.05) is 6.92 Å². The Bertz CT molecular complexity index is 1100. The second kappa shape index (κ2) is 8.74. The minimum Gasteiger partial charge on any atom is -0.496 e. The molecule has 1 aromatic heterocycles. The molecule has 29 heavy (non-hydrogen) atoms. The Morgan fingerprint density at radius 2 is 1.97 bits per heavy atom. The van der Waals surface area contributed by atoms with Crippen molar-refractivity contribution < 1.29 is 23.8 Å². The fourth-order valence-corrected chi connectivity index (χ4v) is 3.07. The molecule has 2 aromatic carbocycles. The molecule has 1 amide bonds. The van der Waals surface area contributed by atoms with Gasteiger partial charge in [-0.15, -0.1) is 0 Å². The van der Waals surface area contributed by atoms with E-state index in [-0.39, 0.29) is 5.56 Å². The summed E-state index contributed by atoms with van der Waals surface area (Å²) in [4.78, 5) is 23.4. The van der Waals surface area contributed by atoms with E-state index in [2.05, 4.69) is 26.5 Å². The van der Waals surface area contributed by atoms with Crippen molar-refractivity contribution in [1.82, 2.24) is 5.43 Å². The number of methoxy groups -OCH3 is 1. The number of nitrogens with zero attached hydrogens (tertiary/aromatic N) is 1. The zero-order valence-electron chi connectivity index (χ0n) is 15.6. The number of hydrogen-bond donors (Lipinski definition) is 2. The molecule has 0 aliphatic heterocycles. The highest BCUT2D eigenvalue weighted by molar-refractivity contribution is 9.10. The summed E-state index contributed by atoms with van der Waals surface area (Å²) >= 11 is 3.32. The number of amides is 1. The van der Waals surface area contributed by atoms with Crippen LogP contribution in [0.15, 0.2) is 62.5 Å². The molecule has 1 heterocycles. The van der Waals surface area contributed by atoms with Crippen molar-refractivity contribution >= 4 is 34.0 Å². The summed E-state index contributed by atoms with van der Waals surface area (Å²) < 4.78 is 11.6. The zero-order valence-corrected chi connectivity index (χ0v) is 17.2. The van der Waals surface area contributed by atoms with Crippen LogP contribution in [0.3, 0.4) is 0 Å². The standard InChI is InChI=1S/C21H17BrN2O5/c1-12-9-13(21(26)27)3-6-16(12)19-8-5-15(29-19)11-23-24-20(25)17-10-14(22)4-7-18(17)28-2/h3-11H,1-2H3,(H,24,25)(H,26,27). The van der Waals surface area contributed by atoms with Crippen LogP contribution in [-0.4, -0.2) is 30.3 Å². The lowest BCUT2D eigenvalue weighted by molar-refractivity contribution is 0.0696. The maximum atomic E-state index is 12.3. The van der Waals surface area contributed by atoms with Crippen LogP contribution in [-0.2, 0) is 0 Å². The molecule has 0 fully saturated rings. The van der Waals surface area contributed by atoms with Crippen LogP contribution in [0.25, 0.3) is 11.3 Å². The molecule has 0 spiro atoms. The Morgan fingerprint density at radius 3 is 2.66 bits per heavy atom. The number of aryl methyl sites for hydroxylation is 1. The van der Waals surface area contributed by atoms with Gasteiger partial charge in [0.05, 0.1) is 24.5 Å². The van der Waals surface area contributed by atoms with E-state index < -0.39 is 11.9 Å². The molecule has 3 rings (SSSR count). The van der Waals surface area contributed by atoms with E-state index in [9.17, 15) is 9.59 Å². The summed E-state index contributed by atoms with van der Waals surface area (Å²) in [7, 11) is 1.48. The molecule has 0 saturated heterocycles. The maximum absolute atomic E-state index is 12.3. The van der Waals surface area contributed by atoms with Gasteiger partial charge in [0, 0.05) is 10.0 Å². The van der Waals surface area contributed by atoms with Crippen LogP contribution in [0.5, 0.6) is 5.75 Å². The highest BCUT2D eigenvalue weighted by Crippen LogP contribution is 2.26. The predicted octanol–water partition coefficient (Wildman–Crippen LogP) is 4.49. The summed E-state index contributed by atoms with van der Waals surface area (Å²) in [5.41, 5.74) is 4.54. The van der Waals surface area contributed by atoms with Crippen molar-refractivity contribution in [3.05, 3.63) is 75.5 Å². The molecule has 148 valence electrons. The Balaban J connectivity index is 1.72. The highest BCUT2D eigenvalue weighted by Gasteiger charge is 2.13. The van der Waals surface area contributed by atoms with Crippen molar-refractivity contribution in [2.24, 2.45) is 5.10 Å². The van der Waals surface area contributed by atoms with Gasteiger partial charge in [0.2, 0.25) is 0 Å². The van der Waals surface area contributed by atoms with Crippen LogP contribution in [0.1, 0.15) is 32.0 Å². The Labute approximate surface area is 175 Å². The third-order valence-corrected chi connectivity index (χ3v) is 4.62. The minimum atomic E-state index is -0.982. The second-order valence-electron chi connectivity index (χ2n) is 6.08. The summed E-state index contributed by atoms with van der Waals surface area (Å²) in [6.45, 7) is 1.81. The lowest BCUT2D eigenvalue weighted by Gasteiger charge is -2.07. The highest BCUT2D eigenvalue weighted by atomic mass is 79.9. The quantitative estimate of drug-likeness (QED) is 0.420. The zero-order chi connectivity index (χ0) is 21.0. The molecular weight excluding hydrogens is 440 g/mol. The molecule has 0 radical (unpaired) electrons. The van der Waals surface area contributed by atoms with Crippen LogP contribution < -0.4 is 10.2 Å². The van der Waals surface area contributed by atoms with Gasteiger partial charge in [-0.2, -0.15) is 5.10 Å². The number of carboxylic acids is 1.